The van der Waals surface area contributed by atoms with Gasteiger partial charge in [0.1, 0.15) is 11.4 Å². The highest BCUT2D eigenvalue weighted by Crippen LogP contribution is 2.40. The third kappa shape index (κ3) is 2.97. The predicted molar refractivity (Wildman–Crippen MR) is 77.8 cm³/mol. The topological polar surface area (TPSA) is 67.2 Å². The van der Waals surface area contributed by atoms with Gasteiger partial charge in [-0.15, -0.1) is 0 Å². The van der Waals surface area contributed by atoms with E-state index in [0.29, 0.717) is 11.4 Å². The number of hydrogen-bond donors (Lipinski definition) is 2. The second-order valence-electron chi connectivity index (χ2n) is 5.42. The number of anilines is 2. The molecule has 5 heteroatoms. The second-order valence-corrected chi connectivity index (χ2v) is 5.42. The Kier molecular flexibility index (Phi) is 3.93. The van der Waals surface area contributed by atoms with Crippen molar-refractivity contribution in [1.82, 2.24) is 0 Å². The van der Waals surface area contributed by atoms with Crippen LogP contribution in [0, 0.1) is 10.1 Å². The quantitative estimate of drug-likeness (QED) is 0.605. The van der Waals surface area contributed by atoms with Gasteiger partial charge in [0.05, 0.1) is 4.92 Å². The minimum absolute atomic E-state index is 0.00808. The lowest BCUT2D eigenvalue weighted by molar-refractivity contribution is -0.383. The summed E-state index contributed by atoms with van der Waals surface area (Å²) in [5.74, 6) is 0. The van der Waals surface area contributed by atoms with Crippen molar-refractivity contribution in [2.75, 3.05) is 17.2 Å². The lowest BCUT2D eigenvalue weighted by Crippen LogP contribution is -2.41. The van der Waals surface area contributed by atoms with E-state index in [4.69, 9.17) is 0 Å². The molecule has 0 amide bonds. The van der Waals surface area contributed by atoms with E-state index in [-0.39, 0.29) is 16.1 Å². The molecule has 5 nitrogen and oxygen atoms in total. The van der Waals surface area contributed by atoms with Gasteiger partial charge in [-0.05, 0) is 44.7 Å². The highest BCUT2D eigenvalue weighted by atomic mass is 16.6. The summed E-state index contributed by atoms with van der Waals surface area (Å²) in [4.78, 5) is 11.0. The molecule has 1 aliphatic rings. The molecule has 0 atom stereocenters. The molecule has 1 aromatic carbocycles. The highest BCUT2D eigenvalue weighted by Gasteiger charge is 2.33. The SMILES string of the molecule is CCCNc1cccc(NC2(C)CCC2)c1[N+](=O)[O-]. The lowest BCUT2D eigenvalue weighted by atomic mass is 9.78. The van der Waals surface area contributed by atoms with Crippen LogP contribution < -0.4 is 10.6 Å². The molecular formula is C14H21N3O2. The van der Waals surface area contributed by atoms with Crippen LogP contribution in [0.2, 0.25) is 0 Å². The maximum Gasteiger partial charge on any atom is 0.315 e. The van der Waals surface area contributed by atoms with Crippen LogP contribution in [-0.2, 0) is 0 Å². The molecule has 0 unspecified atom stereocenters. The summed E-state index contributed by atoms with van der Waals surface area (Å²) in [5.41, 5.74) is 1.38. The van der Waals surface area contributed by atoms with Gasteiger partial charge in [-0.25, -0.2) is 0 Å². The van der Waals surface area contributed by atoms with Crippen molar-refractivity contribution in [2.24, 2.45) is 0 Å². The van der Waals surface area contributed by atoms with Crippen molar-refractivity contribution in [3.8, 4) is 0 Å². The van der Waals surface area contributed by atoms with Crippen LogP contribution in [0.3, 0.4) is 0 Å². The van der Waals surface area contributed by atoms with E-state index in [1.807, 2.05) is 13.0 Å². The first kappa shape index (κ1) is 13.6. The first-order valence-corrected chi connectivity index (χ1v) is 6.85. The molecule has 0 aromatic heterocycles. The van der Waals surface area contributed by atoms with E-state index in [1.54, 1.807) is 12.1 Å². The van der Waals surface area contributed by atoms with Gasteiger partial charge in [-0.2, -0.15) is 0 Å². The van der Waals surface area contributed by atoms with Gasteiger partial charge in [0, 0.05) is 12.1 Å². The summed E-state index contributed by atoms with van der Waals surface area (Å²) in [5, 5.41) is 17.8. The number of nitro benzene ring substituents is 1. The molecule has 0 saturated heterocycles. The molecule has 0 radical (unpaired) electrons. The van der Waals surface area contributed by atoms with E-state index in [9.17, 15) is 10.1 Å². The lowest BCUT2D eigenvalue weighted by Gasteiger charge is -2.40. The van der Waals surface area contributed by atoms with Crippen molar-refractivity contribution in [3.05, 3.63) is 28.3 Å². The molecule has 0 bridgehead atoms. The fraction of sp³-hybridized carbons (Fsp3) is 0.571. The van der Waals surface area contributed by atoms with Gasteiger partial charge < -0.3 is 10.6 Å². The molecule has 0 aliphatic heterocycles. The molecule has 1 fully saturated rings. The fourth-order valence-electron chi connectivity index (χ4n) is 2.40. The van der Waals surface area contributed by atoms with E-state index < -0.39 is 0 Å². The molecule has 1 aliphatic carbocycles. The smallest absolute Gasteiger partial charge is 0.315 e. The standard InChI is InChI=1S/C14H21N3O2/c1-3-10-15-11-6-4-7-12(13(11)17(18)19)16-14(2)8-5-9-14/h4,6-7,15-16H,3,5,8-10H2,1-2H3. The normalized spacial score (nSPS) is 16.5. The number of nitrogens with one attached hydrogen (secondary N) is 2. The number of nitro groups is 1. The number of rotatable bonds is 6. The van der Waals surface area contributed by atoms with Crippen molar-refractivity contribution in [2.45, 2.75) is 45.1 Å². The molecule has 0 spiro atoms. The van der Waals surface area contributed by atoms with Gasteiger partial charge in [-0.3, -0.25) is 10.1 Å². The maximum absolute atomic E-state index is 11.3. The van der Waals surface area contributed by atoms with E-state index in [2.05, 4.69) is 17.6 Å². The average molecular weight is 263 g/mol. The molecule has 19 heavy (non-hydrogen) atoms. The van der Waals surface area contributed by atoms with Crippen LogP contribution in [-0.4, -0.2) is 17.0 Å². The van der Waals surface area contributed by atoms with Crippen molar-refractivity contribution in [1.29, 1.82) is 0 Å². The zero-order chi connectivity index (χ0) is 13.9. The van der Waals surface area contributed by atoms with Crippen molar-refractivity contribution < 1.29 is 4.92 Å². The summed E-state index contributed by atoms with van der Waals surface area (Å²) in [6, 6.07) is 5.41. The summed E-state index contributed by atoms with van der Waals surface area (Å²) in [6.45, 7) is 4.89. The van der Waals surface area contributed by atoms with Crippen LogP contribution in [0.1, 0.15) is 39.5 Å². The zero-order valence-corrected chi connectivity index (χ0v) is 11.5. The molecule has 2 N–H and O–H groups in total. The zero-order valence-electron chi connectivity index (χ0n) is 11.5. The number of benzene rings is 1. The number of nitrogens with zero attached hydrogens (tertiary/aromatic N) is 1. The van der Waals surface area contributed by atoms with Gasteiger partial charge >= 0.3 is 5.69 Å². The van der Waals surface area contributed by atoms with Crippen LogP contribution in [0.4, 0.5) is 17.1 Å². The Morgan fingerprint density at radius 3 is 2.58 bits per heavy atom. The molecule has 1 saturated carbocycles. The Labute approximate surface area is 113 Å². The monoisotopic (exact) mass is 263 g/mol. The van der Waals surface area contributed by atoms with Crippen LogP contribution >= 0.6 is 0 Å². The largest absolute Gasteiger partial charge is 0.379 e. The van der Waals surface area contributed by atoms with Gasteiger partial charge in [0.15, 0.2) is 0 Å². The molecule has 104 valence electrons. The molecule has 1 aromatic rings. The summed E-state index contributed by atoms with van der Waals surface area (Å²) in [6.07, 6.45) is 4.26. The second kappa shape index (κ2) is 5.47. The molecule has 0 heterocycles. The Hall–Kier alpha value is -1.78. The predicted octanol–water partition coefficient (Wildman–Crippen LogP) is 3.77. The Balaban J connectivity index is 2.28. The minimum Gasteiger partial charge on any atom is -0.379 e. The van der Waals surface area contributed by atoms with Gasteiger partial charge in [-0.1, -0.05) is 13.0 Å². The Bertz CT molecular complexity index is 470. The molecular weight excluding hydrogens is 242 g/mol. The first-order chi connectivity index (χ1) is 9.06. The van der Waals surface area contributed by atoms with Gasteiger partial charge in [0.25, 0.3) is 0 Å². The van der Waals surface area contributed by atoms with Gasteiger partial charge in [0.2, 0.25) is 0 Å². The fourth-order valence-corrected chi connectivity index (χ4v) is 2.40. The van der Waals surface area contributed by atoms with Crippen LogP contribution in [0.5, 0.6) is 0 Å². The molecule has 2 rings (SSSR count). The summed E-state index contributed by atoms with van der Waals surface area (Å²) < 4.78 is 0. The van der Waals surface area contributed by atoms with Crippen molar-refractivity contribution in [3.63, 3.8) is 0 Å². The third-order valence-electron chi connectivity index (χ3n) is 3.68. The number of para-hydroxylation sites is 1. The van der Waals surface area contributed by atoms with E-state index in [0.717, 1.165) is 25.8 Å². The third-order valence-corrected chi connectivity index (χ3v) is 3.68. The summed E-state index contributed by atoms with van der Waals surface area (Å²) >= 11 is 0. The van der Waals surface area contributed by atoms with E-state index in [1.165, 1.54) is 6.42 Å². The first-order valence-electron chi connectivity index (χ1n) is 6.85. The highest BCUT2D eigenvalue weighted by molar-refractivity contribution is 5.76. The van der Waals surface area contributed by atoms with Crippen LogP contribution in [0.25, 0.3) is 0 Å². The van der Waals surface area contributed by atoms with E-state index >= 15 is 0 Å². The average Bonchev–Trinajstić information content (AvgIpc) is 2.34. The summed E-state index contributed by atoms with van der Waals surface area (Å²) in [7, 11) is 0. The maximum atomic E-state index is 11.3. The Morgan fingerprint density at radius 1 is 1.37 bits per heavy atom. The van der Waals surface area contributed by atoms with Crippen molar-refractivity contribution >= 4 is 17.1 Å². The van der Waals surface area contributed by atoms with Crippen LogP contribution in [0.15, 0.2) is 18.2 Å². The Morgan fingerprint density at radius 2 is 2.05 bits per heavy atom. The minimum atomic E-state index is -0.303. The number of hydrogen-bond acceptors (Lipinski definition) is 4.